The molecule has 11 aromatic rings. The van der Waals surface area contributed by atoms with E-state index in [2.05, 4.69) is 60.7 Å². The van der Waals surface area contributed by atoms with Gasteiger partial charge in [-0.05, 0) is 59.7 Å². The van der Waals surface area contributed by atoms with Crippen molar-refractivity contribution in [2.75, 3.05) is 0 Å². The van der Waals surface area contributed by atoms with Crippen LogP contribution in [0.2, 0.25) is 0 Å². The van der Waals surface area contributed by atoms with Crippen molar-refractivity contribution in [3.63, 3.8) is 0 Å². The zero-order valence-electron chi connectivity index (χ0n) is 27.0. The largest absolute Gasteiger partial charge is 0.456 e. The summed E-state index contributed by atoms with van der Waals surface area (Å²) >= 11 is 0. The van der Waals surface area contributed by atoms with Gasteiger partial charge < -0.3 is 13.3 Å². The lowest BCUT2D eigenvalue weighted by molar-refractivity contribution is 0.668. The third-order valence-electron chi connectivity index (χ3n) is 9.77. The van der Waals surface area contributed by atoms with Crippen molar-refractivity contribution in [2.24, 2.45) is 0 Å². The summed E-state index contributed by atoms with van der Waals surface area (Å²) in [5.74, 6) is 1.73. The lowest BCUT2D eigenvalue weighted by Gasteiger charge is -2.10. The molecule has 238 valence electrons. The van der Waals surface area contributed by atoms with Gasteiger partial charge in [-0.1, -0.05) is 103 Å². The Hall–Kier alpha value is -7.05. The van der Waals surface area contributed by atoms with Crippen molar-refractivity contribution in [3.05, 3.63) is 152 Å². The molecule has 0 amide bonds. The monoisotopic (exact) mass is 655 g/mol. The summed E-state index contributed by atoms with van der Waals surface area (Å²) in [6.07, 6.45) is 0. The van der Waals surface area contributed by atoms with Gasteiger partial charge in [0, 0.05) is 49.0 Å². The smallest absolute Gasteiger partial charge is 0.164 e. The minimum absolute atomic E-state index is 0.572. The van der Waals surface area contributed by atoms with E-state index in [0.29, 0.717) is 17.5 Å². The van der Waals surface area contributed by atoms with Gasteiger partial charge in [0.05, 0.1) is 0 Å². The first-order valence-electron chi connectivity index (χ1n) is 16.8. The number of nitrogens with zero attached hydrogens (tertiary/aromatic N) is 3. The second kappa shape index (κ2) is 10.7. The van der Waals surface area contributed by atoms with Crippen LogP contribution in [0.1, 0.15) is 0 Å². The first-order valence-corrected chi connectivity index (χ1v) is 16.8. The molecule has 51 heavy (non-hydrogen) atoms. The molecule has 11 rings (SSSR count). The van der Waals surface area contributed by atoms with Crippen molar-refractivity contribution < 1.29 is 13.3 Å². The molecule has 7 aromatic carbocycles. The molecule has 4 heterocycles. The third kappa shape index (κ3) is 4.33. The number of hydrogen-bond acceptors (Lipinski definition) is 6. The van der Waals surface area contributed by atoms with Crippen LogP contribution < -0.4 is 0 Å². The highest BCUT2D eigenvalue weighted by atomic mass is 16.3. The minimum atomic E-state index is 0.572. The predicted octanol–water partition coefficient (Wildman–Crippen LogP) is 12.2. The van der Waals surface area contributed by atoms with Crippen LogP contribution in [0.25, 0.3) is 111 Å². The molecule has 4 aromatic heterocycles. The first-order chi connectivity index (χ1) is 25.2. The molecule has 0 bridgehead atoms. The molecule has 6 heteroatoms. The summed E-state index contributed by atoms with van der Waals surface area (Å²) in [5.41, 5.74) is 9.85. The normalized spacial score (nSPS) is 11.9. The molecule has 0 N–H and O–H groups in total. The first kappa shape index (κ1) is 27.9. The molecule has 0 aliphatic carbocycles. The molecule has 0 unspecified atom stereocenters. The Kier molecular flexibility index (Phi) is 5.86. The number of aromatic nitrogens is 3. The van der Waals surface area contributed by atoms with E-state index in [-0.39, 0.29) is 0 Å². The average Bonchev–Trinajstić information content (AvgIpc) is 3.89. The van der Waals surface area contributed by atoms with E-state index in [4.69, 9.17) is 28.2 Å². The number of benzene rings is 7. The SMILES string of the molecule is c1ccc2c(c1)oc1ccc(-c3nc(-c4ccc(-c5cccc6oc7ccccc7c56)cc4)nc(-c4cccc5oc6ccccc6c45)n3)cc12. The summed E-state index contributed by atoms with van der Waals surface area (Å²) in [4.78, 5) is 15.3. The molecular formula is C45H25N3O3. The van der Waals surface area contributed by atoms with Crippen molar-refractivity contribution in [3.8, 4) is 45.3 Å². The second-order valence-corrected chi connectivity index (χ2v) is 12.7. The number of hydrogen-bond donors (Lipinski definition) is 0. The van der Waals surface area contributed by atoms with E-state index in [1.165, 1.54) is 0 Å². The Bertz CT molecular complexity index is 3150. The Balaban J connectivity index is 1.10. The number of furan rings is 3. The van der Waals surface area contributed by atoms with E-state index >= 15 is 0 Å². The second-order valence-electron chi connectivity index (χ2n) is 12.7. The summed E-state index contributed by atoms with van der Waals surface area (Å²) in [7, 11) is 0. The van der Waals surface area contributed by atoms with Crippen LogP contribution in [0.5, 0.6) is 0 Å². The maximum absolute atomic E-state index is 6.24. The highest BCUT2D eigenvalue weighted by Crippen LogP contribution is 2.39. The molecule has 0 fully saturated rings. The highest BCUT2D eigenvalue weighted by molar-refractivity contribution is 6.13. The van der Waals surface area contributed by atoms with Crippen molar-refractivity contribution in [1.82, 2.24) is 15.0 Å². The molecule has 0 saturated heterocycles. The van der Waals surface area contributed by atoms with Crippen LogP contribution in [-0.4, -0.2) is 15.0 Å². The van der Waals surface area contributed by atoms with Gasteiger partial charge in [0.25, 0.3) is 0 Å². The van der Waals surface area contributed by atoms with Gasteiger partial charge in [0.1, 0.15) is 33.5 Å². The predicted molar refractivity (Wildman–Crippen MR) is 203 cm³/mol. The minimum Gasteiger partial charge on any atom is -0.456 e. The van der Waals surface area contributed by atoms with Crippen LogP contribution in [0.4, 0.5) is 0 Å². The van der Waals surface area contributed by atoms with Crippen LogP contribution in [0.15, 0.2) is 165 Å². The maximum atomic E-state index is 6.24. The molecule has 0 spiro atoms. The van der Waals surface area contributed by atoms with Gasteiger partial charge >= 0.3 is 0 Å². The molecule has 0 saturated carbocycles. The number of fused-ring (bicyclic) bond motifs is 9. The molecule has 0 radical (unpaired) electrons. The number of rotatable bonds is 4. The van der Waals surface area contributed by atoms with Gasteiger partial charge in [-0.3, -0.25) is 0 Å². The van der Waals surface area contributed by atoms with Gasteiger partial charge in [-0.25, -0.2) is 15.0 Å². The standard InChI is InChI=1S/C45H25N3O3/c1-4-14-35-30(9-1)34-25-28(23-24-38(34)49-35)44-46-43(47-45(48-44)33-13-8-18-40-42(33)32-11-3-6-16-37(32)51-40)27-21-19-26(20-22-27)29-12-7-17-39-41(29)31-10-2-5-15-36(31)50-39/h1-25H. The highest BCUT2D eigenvalue weighted by Gasteiger charge is 2.19. The maximum Gasteiger partial charge on any atom is 0.164 e. The van der Waals surface area contributed by atoms with E-state index in [1.807, 2.05) is 91.0 Å². The fourth-order valence-corrected chi connectivity index (χ4v) is 7.39. The van der Waals surface area contributed by atoms with Crippen LogP contribution in [-0.2, 0) is 0 Å². The zero-order valence-corrected chi connectivity index (χ0v) is 27.0. The lowest BCUT2D eigenvalue weighted by Crippen LogP contribution is -2.00. The summed E-state index contributed by atoms with van der Waals surface area (Å²) in [5, 5.41) is 6.26. The van der Waals surface area contributed by atoms with Crippen molar-refractivity contribution >= 4 is 65.8 Å². The van der Waals surface area contributed by atoms with Gasteiger partial charge in [-0.15, -0.1) is 0 Å². The summed E-state index contributed by atoms with van der Waals surface area (Å²) in [6.45, 7) is 0. The Labute approximate surface area is 290 Å². The molecule has 6 nitrogen and oxygen atoms in total. The molecule has 0 atom stereocenters. The fraction of sp³-hybridized carbons (Fsp3) is 0. The quantitative estimate of drug-likeness (QED) is 0.188. The number of para-hydroxylation sites is 3. The van der Waals surface area contributed by atoms with Gasteiger partial charge in [-0.2, -0.15) is 0 Å². The van der Waals surface area contributed by atoms with E-state index in [1.54, 1.807) is 0 Å². The fourth-order valence-electron chi connectivity index (χ4n) is 7.39. The lowest BCUT2D eigenvalue weighted by atomic mass is 9.98. The van der Waals surface area contributed by atoms with Gasteiger partial charge in [0.2, 0.25) is 0 Å². The van der Waals surface area contributed by atoms with E-state index in [0.717, 1.165) is 93.6 Å². The Morgan fingerprint density at radius 1 is 0.294 bits per heavy atom. The summed E-state index contributed by atoms with van der Waals surface area (Å²) < 4.78 is 18.6. The Morgan fingerprint density at radius 2 is 0.745 bits per heavy atom. The molecule has 0 aliphatic heterocycles. The molecule has 0 aliphatic rings. The average molecular weight is 656 g/mol. The van der Waals surface area contributed by atoms with Crippen LogP contribution >= 0.6 is 0 Å². The zero-order chi connectivity index (χ0) is 33.5. The topological polar surface area (TPSA) is 78.1 Å². The van der Waals surface area contributed by atoms with E-state index in [9.17, 15) is 0 Å². The van der Waals surface area contributed by atoms with E-state index < -0.39 is 0 Å². The third-order valence-corrected chi connectivity index (χ3v) is 9.77. The van der Waals surface area contributed by atoms with Crippen LogP contribution in [0.3, 0.4) is 0 Å². The molecular weight excluding hydrogens is 631 g/mol. The summed E-state index contributed by atoms with van der Waals surface area (Å²) in [6, 6.07) is 51.1. The van der Waals surface area contributed by atoms with Crippen LogP contribution in [0, 0.1) is 0 Å². The van der Waals surface area contributed by atoms with Gasteiger partial charge in [0.15, 0.2) is 17.5 Å². The Morgan fingerprint density at radius 3 is 1.43 bits per heavy atom. The van der Waals surface area contributed by atoms with Crippen molar-refractivity contribution in [1.29, 1.82) is 0 Å². The van der Waals surface area contributed by atoms with Crippen molar-refractivity contribution in [2.45, 2.75) is 0 Å².